The minimum absolute atomic E-state index is 0.219. The van der Waals surface area contributed by atoms with Crippen molar-refractivity contribution >= 4 is 22.8 Å². The Bertz CT molecular complexity index is 748. The average Bonchev–Trinajstić information content (AvgIpc) is 2.92. The molecule has 1 atom stereocenters. The zero-order valence-corrected chi connectivity index (χ0v) is 12.8. The number of nitrogens with zero attached hydrogens (tertiary/aromatic N) is 1. The number of aliphatic carboxylic acids is 1. The third kappa shape index (κ3) is 2.36. The van der Waals surface area contributed by atoms with Crippen molar-refractivity contribution < 1.29 is 19.1 Å². The van der Waals surface area contributed by atoms with Gasteiger partial charge in [-0.05, 0) is 38.3 Å². The van der Waals surface area contributed by atoms with Crippen LogP contribution in [0.3, 0.4) is 0 Å². The van der Waals surface area contributed by atoms with Crippen LogP contribution in [-0.4, -0.2) is 35.0 Å². The number of carboxylic acid groups (broad SMARTS) is 1. The number of rotatable bonds is 2. The summed E-state index contributed by atoms with van der Waals surface area (Å²) in [6, 6.07) is 7.49. The van der Waals surface area contributed by atoms with Crippen LogP contribution in [0.25, 0.3) is 11.0 Å². The zero-order chi connectivity index (χ0) is 15.9. The Morgan fingerprint density at radius 2 is 2.14 bits per heavy atom. The van der Waals surface area contributed by atoms with Crippen LogP contribution in [0.1, 0.15) is 35.9 Å². The van der Waals surface area contributed by atoms with E-state index < -0.39 is 11.4 Å². The van der Waals surface area contributed by atoms with Gasteiger partial charge in [0.1, 0.15) is 5.58 Å². The van der Waals surface area contributed by atoms with Gasteiger partial charge in [-0.2, -0.15) is 0 Å². The molecule has 5 heteroatoms. The second-order valence-electron chi connectivity index (χ2n) is 6.30. The Morgan fingerprint density at radius 3 is 2.82 bits per heavy atom. The second kappa shape index (κ2) is 5.16. The molecule has 1 aliphatic rings. The Labute approximate surface area is 128 Å². The topological polar surface area (TPSA) is 70.8 Å². The van der Waals surface area contributed by atoms with Crippen LogP contribution in [-0.2, 0) is 4.79 Å². The number of carbonyl (C=O) groups is 2. The summed E-state index contributed by atoms with van der Waals surface area (Å²) in [4.78, 5) is 25.6. The number of benzene rings is 1. The fourth-order valence-corrected chi connectivity index (χ4v) is 3.06. The lowest BCUT2D eigenvalue weighted by Gasteiger charge is -2.37. The maximum absolute atomic E-state index is 12.6. The predicted octanol–water partition coefficient (Wildman–Crippen LogP) is 3.07. The van der Waals surface area contributed by atoms with Crippen LogP contribution in [0, 0.1) is 12.3 Å². The fraction of sp³-hybridized carbons (Fsp3) is 0.412. The molecule has 1 fully saturated rings. The van der Waals surface area contributed by atoms with Gasteiger partial charge in [0.25, 0.3) is 5.91 Å². The van der Waals surface area contributed by atoms with Crippen molar-refractivity contribution in [1.82, 2.24) is 4.90 Å². The molecule has 1 aromatic heterocycles. The molecule has 0 spiro atoms. The Kier molecular flexibility index (Phi) is 3.43. The number of likely N-dealkylation sites (tertiary alicyclic amines) is 1. The van der Waals surface area contributed by atoms with E-state index in [9.17, 15) is 14.7 Å². The first-order valence-corrected chi connectivity index (χ1v) is 7.42. The molecule has 0 radical (unpaired) electrons. The van der Waals surface area contributed by atoms with Crippen molar-refractivity contribution in [2.75, 3.05) is 13.1 Å². The summed E-state index contributed by atoms with van der Waals surface area (Å²) in [5.74, 6) is -0.813. The number of amides is 1. The van der Waals surface area contributed by atoms with Gasteiger partial charge in [0.2, 0.25) is 0 Å². The molecule has 2 aromatic rings. The van der Waals surface area contributed by atoms with Gasteiger partial charge in [0.05, 0.1) is 5.41 Å². The van der Waals surface area contributed by atoms with Crippen LogP contribution < -0.4 is 0 Å². The molecule has 3 rings (SSSR count). The third-order valence-corrected chi connectivity index (χ3v) is 4.45. The van der Waals surface area contributed by atoms with Crippen LogP contribution in [0.4, 0.5) is 0 Å². The molecule has 116 valence electrons. The number of para-hydroxylation sites is 1. The number of piperidine rings is 1. The lowest BCUT2D eigenvalue weighted by atomic mass is 9.82. The molecule has 2 heterocycles. The van der Waals surface area contributed by atoms with E-state index in [-0.39, 0.29) is 18.2 Å². The highest BCUT2D eigenvalue weighted by atomic mass is 16.4. The Balaban J connectivity index is 1.89. The molecule has 0 aliphatic carbocycles. The monoisotopic (exact) mass is 301 g/mol. The van der Waals surface area contributed by atoms with Crippen LogP contribution in [0.15, 0.2) is 28.7 Å². The summed E-state index contributed by atoms with van der Waals surface area (Å²) in [7, 11) is 0. The standard InChI is InChI=1S/C17H19NO4/c1-11-5-3-6-12-9-13(22-14(11)12)15(19)18-8-4-7-17(2,10-18)16(20)21/h3,5-6,9H,4,7-8,10H2,1-2H3,(H,20,21). The summed E-state index contributed by atoms with van der Waals surface area (Å²) in [5.41, 5.74) is 0.810. The van der Waals surface area contributed by atoms with E-state index >= 15 is 0 Å². The largest absolute Gasteiger partial charge is 0.481 e. The highest BCUT2D eigenvalue weighted by Crippen LogP contribution is 2.31. The van der Waals surface area contributed by atoms with Gasteiger partial charge in [0.15, 0.2) is 5.76 Å². The second-order valence-corrected chi connectivity index (χ2v) is 6.30. The molecule has 22 heavy (non-hydrogen) atoms. The van der Waals surface area contributed by atoms with Crippen LogP contribution in [0.5, 0.6) is 0 Å². The first-order chi connectivity index (χ1) is 10.4. The highest BCUT2D eigenvalue weighted by Gasteiger charge is 2.40. The van der Waals surface area contributed by atoms with Gasteiger partial charge in [-0.25, -0.2) is 0 Å². The highest BCUT2D eigenvalue weighted by molar-refractivity contribution is 5.97. The van der Waals surface area contributed by atoms with Gasteiger partial charge in [-0.15, -0.1) is 0 Å². The number of hydrogen-bond acceptors (Lipinski definition) is 3. The minimum atomic E-state index is -0.879. The first-order valence-electron chi connectivity index (χ1n) is 7.42. The van der Waals surface area contributed by atoms with E-state index in [0.29, 0.717) is 25.0 Å². The van der Waals surface area contributed by atoms with Crippen molar-refractivity contribution in [3.05, 3.63) is 35.6 Å². The Hall–Kier alpha value is -2.30. The van der Waals surface area contributed by atoms with Gasteiger partial charge >= 0.3 is 5.97 Å². The quantitative estimate of drug-likeness (QED) is 0.925. The van der Waals surface area contributed by atoms with Crippen molar-refractivity contribution in [3.63, 3.8) is 0 Å². The summed E-state index contributed by atoms with van der Waals surface area (Å²) in [5, 5.41) is 10.2. The molecule has 1 N–H and O–H groups in total. The molecule has 0 bridgehead atoms. The molecule has 5 nitrogen and oxygen atoms in total. The molecular weight excluding hydrogens is 282 g/mol. The maximum atomic E-state index is 12.6. The number of carbonyl (C=O) groups excluding carboxylic acids is 1. The smallest absolute Gasteiger partial charge is 0.311 e. The van der Waals surface area contributed by atoms with Crippen molar-refractivity contribution in [3.8, 4) is 0 Å². The normalized spacial score (nSPS) is 22.0. The van der Waals surface area contributed by atoms with Crippen LogP contribution >= 0.6 is 0 Å². The number of furan rings is 1. The summed E-state index contributed by atoms with van der Waals surface area (Å²) < 4.78 is 5.70. The van der Waals surface area contributed by atoms with Crippen molar-refractivity contribution in [1.29, 1.82) is 0 Å². The maximum Gasteiger partial charge on any atom is 0.311 e. The Morgan fingerprint density at radius 1 is 1.36 bits per heavy atom. The van der Waals surface area contributed by atoms with Gasteiger partial charge in [-0.3, -0.25) is 9.59 Å². The molecule has 1 unspecified atom stereocenters. The van der Waals surface area contributed by atoms with E-state index in [1.807, 2.05) is 25.1 Å². The molecule has 1 amide bonds. The van der Waals surface area contributed by atoms with E-state index in [1.165, 1.54) is 0 Å². The van der Waals surface area contributed by atoms with Crippen molar-refractivity contribution in [2.45, 2.75) is 26.7 Å². The van der Waals surface area contributed by atoms with Crippen LogP contribution in [0.2, 0.25) is 0 Å². The third-order valence-electron chi connectivity index (χ3n) is 4.45. The summed E-state index contributed by atoms with van der Waals surface area (Å²) >= 11 is 0. The average molecular weight is 301 g/mol. The van der Waals surface area contributed by atoms with Crippen molar-refractivity contribution in [2.24, 2.45) is 5.41 Å². The minimum Gasteiger partial charge on any atom is -0.481 e. The molecule has 1 aliphatic heterocycles. The number of aryl methyl sites for hydroxylation is 1. The SMILES string of the molecule is Cc1cccc2cc(C(=O)N3CCCC(C)(C(=O)O)C3)oc12. The predicted molar refractivity (Wildman–Crippen MR) is 81.8 cm³/mol. The van der Waals surface area contributed by atoms with Gasteiger partial charge in [-0.1, -0.05) is 18.2 Å². The number of carboxylic acids is 1. The van der Waals surface area contributed by atoms with Gasteiger partial charge in [0, 0.05) is 18.5 Å². The first kappa shape index (κ1) is 14.6. The number of hydrogen-bond donors (Lipinski definition) is 1. The summed E-state index contributed by atoms with van der Waals surface area (Å²) in [6.45, 7) is 4.41. The molecular formula is C17H19NO4. The zero-order valence-electron chi connectivity index (χ0n) is 12.8. The lowest BCUT2D eigenvalue weighted by molar-refractivity contribution is -0.150. The molecule has 0 saturated carbocycles. The van der Waals surface area contributed by atoms with E-state index in [4.69, 9.17) is 4.42 Å². The lowest BCUT2D eigenvalue weighted by Crippen LogP contribution is -2.48. The van der Waals surface area contributed by atoms with Gasteiger partial charge < -0.3 is 14.4 Å². The molecule has 1 aromatic carbocycles. The summed E-state index contributed by atoms with van der Waals surface area (Å²) in [6.07, 6.45) is 1.28. The van der Waals surface area contributed by atoms with E-state index in [2.05, 4.69) is 0 Å². The van der Waals surface area contributed by atoms with E-state index in [1.54, 1.807) is 17.9 Å². The number of fused-ring (bicyclic) bond motifs is 1. The molecule has 1 saturated heterocycles. The fourth-order valence-electron chi connectivity index (χ4n) is 3.06. The van der Waals surface area contributed by atoms with E-state index in [0.717, 1.165) is 10.9 Å².